The maximum Gasteiger partial charge on any atom is 0.374 e. The average molecular weight is 505 g/mol. The quantitative estimate of drug-likeness (QED) is 0.222. The van der Waals surface area contributed by atoms with Gasteiger partial charge in [-0.15, -0.1) is 65.8 Å². The standard InChI is InChI=1S/C22H36O4Si5/c1-13-27(11,14-2)23-29(17-5,18-6)25-31(21-9,22-10)26-30(19-7,20-8)24-28(12,15-3)16-4/h13-22H,1-10H2,11-12H3. The fourth-order valence-electron chi connectivity index (χ4n) is 2.33. The third-order valence-corrected chi connectivity index (χ3v) is 22.6. The van der Waals surface area contributed by atoms with E-state index in [9.17, 15) is 0 Å². The molecule has 0 aromatic rings. The predicted octanol–water partition coefficient (Wildman–Crippen LogP) is 5.78. The van der Waals surface area contributed by atoms with Gasteiger partial charge in [-0.1, -0.05) is 22.8 Å². The number of hydrogen-bond donors (Lipinski definition) is 0. The van der Waals surface area contributed by atoms with Crippen LogP contribution in [0.2, 0.25) is 13.1 Å². The highest BCUT2D eigenvalue weighted by molar-refractivity contribution is 7.01. The van der Waals surface area contributed by atoms with E-state index in [1.54, 1.807) is 57.0 Å². The predicted molar refractivity (Wildman–Crippen MR) is 147 cm³/mol. The Morgan fingerprint density at radius 2 is 0.548 bits per heavy atom. The Morgan fingerprint density at radius 3 is 0.710 bits per heavy atom. The molecule has 31 heavy (non-hydrogen) atoms. The van der Waals surface area contributed by atoms with Crippen molar-refractivity contribution in [3.8, 4) is 0 Å². The molecule has 0 saturated carbocycles. The van der Waals surface area contributed by atoms with Gasteiger partial charge in [0.15, 0.2) is 0 Å². The van der Waals surface area contributed by atoms with Crippen LogP contribution in [0.25, 0.3) is 0 Å². The van der Waals surface area contributed by atoms with Crippen molar-refractivity contribution in [3.63, 3.8) is 0 Å². The molecule has 0 spiro atoms. The zero-order valence-corrected chi connectivity index (χ0v) is 24.0. The van der Waals surface area contributed by atoms with Crippen LogP contribution in [0.1, 0.15) is 0 Å². The molecule has 0 aliphatic rings. The maximum absolute atomic E-state index is 6.59. The molecule has 0 bridgehead atoms. The van der Waals surface area contributed by atoms with Gasteiger partial charge in [-0.25, -0.2) is 0 Å². The molecule has 9 heteroatoms. The van der Waals surface area contributed by atoms with Gasteiger partial charge in [0.25, 0.3) is 0 Å². The normalized spacial score (nSPS) is 12.7. The van der Waals surface area contributed by atoms with Crippen molar-refractivity contribution in [1.82, 2.24) is 0 Å². The monoisotopic (exact) mass is 504 g/mol. The average Bonchev–Trinajstić information content (AvgIpc) is 2.82. The lowest BCUT2D eigenvalue weighted by molar-refractivity contribution is 0.324. The molecule has 0 rings (SSSR count). The van der Waals surface area contributed by atoms with Gasteiger partial charge >= 0.3 is 25.7 Å². The first-order valence-corrected chi connectivity index (χ1v) is 20.6. The molecule has 0 unspecified atom stereocenters. The maximum atomic E-state index is 6.59. The Bertz CT molecular complexity index is 678. The molecule has 4 nitrogen and oxygen atoms in total. The second-order valence-corrected chi connectivity index (χ2v) is 23.4. The van der Waals surface area contributed by atoms with E-state index in [0.29, 0.717) is 0 Å². The van der Waals surface area contributed by atoms with E-state index in [-0.39, 0.29) is 0 Å². The molecule has 0 aliphatic heterocycles. The van der Waals surface area contributed by atoms with Crippen LogP contribution in [0.15, 0.2) is 123 Å². The van der Waals surface area contributed by atoms with Crippen LogP contribution in [0.5, 0.6) is 0 Å². The van der Waals surface area contributed by atoms with Gasteiger partial charge in [0.1, 0.15) is 0 Å². The van der Waals surface area contributed by atoms with Gasteiger partial charge in [0.05, 0.1) is 0 Å². The van der Waals surface area contributed by atoms with E-state index in [0.717, 1.165) is 0 Å². The molecule has 0 N–H and O–H groups in total. The highest BCUT2D eigenvalue weighted by atomic mass is 28.5. The minimum Gasteiger partial charge on any atom is -0.423 e. The summed E-state index contributed by atoms with van der Waals surface area (Å²) in [6.45, 7) is 43.2. The minimum atomic E-state index is -3.33. The highest BCUT2D eigenvalue weighted by Gasteiger charge is 2.51. The first-order chi connectivity index (χ1) is 14.4. The van der Waals surface area contributed by atoms with E-state index < -0.39 is 42.3 Å². The van der Waals surface area contributed by atoms with Crippen LogP contribution in [-0.2, 0) is 16.5 Å². The Labute approximate surface area is 194 Å². The van der Waals surface area contributed by atoms with Gasteiger partial charge < -0.3 is 16.5 Å². The van der Waals surface area contributed by atoms with Crippen molar-refractivity contribution in [2.75, 3.05) is 0 Å². The summed E-state index contributed by atoms with van der Waals surface area (Å²) in [5.74, 6) is 0. The zero-order valence-electron chi connectivity index (χ0n) is 19.0. The summed E-state index contributed by atoms with van der Waals surface area (Å²) in [6.07, 6.45) is 0. The Hall–Kier alpha value is -1.68. The van der Waals surface area contributed by atoms with Gasteiger partial charge in [0.2, 0.25) is 16.6 Å². The summed E-state index contributed by atoms with van der Waals surface area (Å²) >= 11 is 0. The van der Waals surface area contributed by atoms with Crippen LogP contribution in [0, 0.1) is 0 Å². The topological polar surface area (TPSA) is 36.9 Å². The lowest BCUT2D eigenvalue weighted by atomic mass is 11.2. The Morgan fingerprint density at radius 1 is 0.355 bits per heavy atom. The third-order valence-electron chi connectivity index (χ3n) is 4.73. The zero-order chi connectivity index (χ0) is 24.4. The van der Waals surface area contributed by atoms with E-state index in [1.165, 1.54) is 0 Å². The largest absolute Gasteiger partial charge is 0.423 e. The molecule has 0 aromatic carbocycles. The molecular formula is C22H36O4Si5. The second kappa shape index (κ2) is 11.8. The van der Waals surface area contributed by atoms with Crippen LogP contribution in [-0.4, -0.2) is 42.3 Å². The lowest BCUT2D eigenvalue weighted by Crippen LogP contribution is -2.61. The summed E-state index contributed by atoms with van der Waals surface area (Å²) < 4.78 is 26.1. The molecule has 168 valence electrons. The molecule has 0 aliphatic carbocycles. The summed E-state index contributed by atoms with van der Waals surface area (Å²) in [5.41, 5.74) is 16.9. The van der Waals surface area contributed by atoms with Gasteiger partial charge in [0, 0.05) is 0 Å². The summed E-state index contributed by atoms with van der Waals surface area (Å²) in [4.78, 5) is 0. The lowest BCUT2D eigenvalue weighted by Gasteiger charge is -2.42. The van der Waals surface area contributed by atoms with Crippen molar-refractivity contribution in [1.29, 1.82) is 0 Å². The van der Waals surface area contributed by atoms with E-state index in [4.69, 9.17) is 16.5 Å². The molecule has 0 radical (unpaired) electrons. The second-order valence-electron chi connectivity index (χ2n) is 6.98. The van der Waals surface area contributed by atoms with E-state index in [1.807, 2.05) is 13.1 Å². The van der Waals surface area contributed by atoms with Crippen LogP contribution in [0.3, 0.4) is 0 Å². The van der Waals surface area contributed by atoms with Gasteiger partial charge in [-0.3, -0.25) is 0 Å². The van der Waals surface area contributed by atoms with Crippen molar-refractivity contribution in [3.05, 3.63) is 123 Å². The number of rotatable bonds is 18. The first kappa shape index (κ1) is 29.3. The highest BCUT2D eigenvalue weighted by Crippen LogP contribution is 2.30. The molecule has 0 atom stereocenters. The van der Waals surface area contributed by atoms with E-state index in [2.05, 4.69) is 65.8 Å². The van der Waals surface area contributed by atoms with Crippen molar-refractivity contribution >= 4 is 42.3 Å². The molecule has 0 aromatic heterocycles. The molecular weight excluding hydrogens is 469 g/mol. The molecule has 0 amide bonds. The van der Waals surface area contributed by atoms with Crippen LogP contribution >= 0.6 is 0 Å². The summed E-state index contributed by atoms with van der Waals surface area (Å²) in [5, 5.41) is 0. The minimum absolute atomic E-state index is 1.62. The van der Waals surface area contributed by atoms with Crippen LogP contribution < -0.4 is 0 Å². The smallest absolute Gasteiger partial charge is 0.374 e. The van der Waals surface area contributed by atoms with Gasteiger partial charge in [-0.05, 0) is 47.3 Å². The first-order valence-electron chi connectivity index (χ1n) is 9.60. The fraction of sp³-hybridized carbons (Fsp3) is 0.0909. The van der Waals surface area contributed by atoms with Crippen LogP contribution in [0.4, 0.5) is 0 Å². The van der Waals surface area contributed by atoms with Crippen molar-refractivity contribution in [2.45, 2.75) is 13.1 Å². The third kappa shape index (κ3) is 7.17. The number of hydrogen-bond acceptors (Lipinski definition) is 4. The molecule has 0 fully saturated rings. The molecule has 0 heterocycles. The molecule has 0 saturated heterocycles. The fourth-order valence-corrected chi connectivity index (χ4v) is 19.6. The summed E-state index contributed by atoms with van der Waals surface area (Å²) in [6, 6.07) is 0. The Balaban J connectivity index is 6.46. The van der Waals surface area contributed by atoms with Crippen molar-refractivity contribution < 1.29 is 16.5 Å². The Kier molecular flexibility index (Phi) is 11.2. The van der Waals surface area contributed by atoms with Crippen molar-refractivity contribution in [2.24, 2.45) is 0 Å². The van der Waals surface area contributed by atoms with Gasteiger partial charge in [-0.2, -0.15) is 0 Å². The summed E-state index contributed by atoms with van der Waals surface area (Å²) in [7, 11) is -14.7. The van der Waals surface area contributed by atoms with E-state index >= 15 is 0 Å². The SMILES string of the molecule is C=C[Si](C)(C=C)O[Si](C=C)(C=C)O[Si](C=C)(C=C)O[Si](C=C)(C=C)O[Si](C)(C=C)C=C.